The van der Waals surface area contributed by atoms with Crippen LogP contribution in [0, 0.1) is 0 Å². The van der Waals surface area contributed by atoms with Crippen LogP contribution in [0.15, 0.2) is 146 Å². The Bertz CT molecular complexity index is 3380. The summed E-state index contributed by atoms with van der Waals surface area (Å²) in [6.07, 6.45) is -9.41. The zero-order chi connectivity index (χ0) is 54.5. The van der Waals surface area contributed by atoms with Gasteiger partial charge in [-0.2, -0.15) is 26.3 Å². The molecule has 14 nitrogen and oxygen atoms in total. The third-order valence-corrected chi connectivity index (χ3v) is 12.9. The molecule has 0 atom stereocenters. The molecular weight excluding hydrogens is 1010 g/mol. The molecular formula is C58H60F6N10O4. The maximum absolute atomic E-state index is 13.2. The van der Waals surface area contributed by atoms with Crippen LogP contribution < -0.4 is 16.0 Å². The molecule has 0 saturated carbocycles. The molecule has 20 heteroatoms. The highest BCUT2D eigenvalue weighted by molar-refractivity contribution is 6.05. The van der Waals surface area contributed by atoms with Crippen molar-refractivity contribution >= 4 is 51.9 Å². The molecule has 2 aromatic heterocycles. The van der Waals surface area contributed by atoms with Crippen molar-refractivity contribution in [3.63, 3.8) is 0 Å². The quantitative estimate of drug-likeness (QED) is 0.114. The molecule has 2 aliphatic heterocycles. The van der Waals surface area contributed by atoms with E-state index in [0.29, 0.717) is 43.8 Å². The molecule has 0 aliphatic carbocycles. The summed E-state index contributed by atoms with van der Waals surface area (Å²) in [6, 6.07) is 39.2. The van der Waals surface area contributed by atoms with E-state index >= 15 is 0 Å². The molecule has 408 valence electrons. The zero-order valence-corrected chi connectivity index (χ0v) is 42.5. The number of imidazole rings is 2. The third-order valence-electron chi connectivity index (χ3n) is 12.9. The Labute approximate surface area is 447 Å². The summed E-state index contributed by atoms with van der Waals surface area (Å²) in [4.78, 5) is 54.0. The molecule has 6 aromatic carbocycles. The third kappa shape index (κ3) is 13.7. The minimum absolute atomic E-state index is 0. The second-order valence-corrected chi connectivity index (χ2v) is 19.7. The fourth-order valence-corrected chi connectivity index (χ4v) is 9.11. The summed E-state index contributed by atoms with van der Waals surface area (Å²) in [7, 11) is 0. The Hall–Kier alpha value is -8.07. The van der Waals surface area contributed by atoms with Gasteiger partial charge in [0.05, 0.1) is 33.2 Å². The van der Waals surface area contributed by atoms with Crippen LogP contribution in [0.25, 0.3) is 33.4 Å². The number of benzene rings is 6. The highest BCUT2D eigenvalue weighted by atomic mass is 19.4. The Kier molecular flexibility index (Phi) is 17.0. The SMILES string of the molecule is C.CC(C)(C)OC(=O)N1CCN(Cc2ccc3c(c2)nc(NC(=O)c2cccc(C(F)(F)F)c2)n3-c2ccccc2)CC1.O=C(Nc1nc2cc(CN3CCNCC3)ccc2n1-c1ccccc1)c1cccc(C(F)(F)F)c1. The van der Waals surface area contributed by atoms with Gasteiger partial charge in [-0.25, -0.2) is 14.8 Å². The number of anilines is 2. The van der Waals surface area contributed by atoms with Crippen LogP contribution in [0.4, 0.5) is 43.0 Å². The smallest absolute Gasteiger partial charge is 0.416 e. The number of hydrogen-bond acceptors (Lipinski definition) is 9. The maximum atomic E-state index is 13.2. The summed E-state index contributed by atoms with van der Waals surface area (Å²) in [5.74, 6) is -0.920. The van der Waals surface area contributed by atoms with Crippen molar-refractivity contribution in [2.45, 2.75) is 59.2 Å². The molecule has 3 N–H and O–H groups in total. The van der Waals surface area contributed by atoms with Gasteiger partial charge in [-0.05, 0) is 117 Å². The Morgan fingerprint density at radius 1 is 0.538 bits per heavy atom. The van der Waals surface area contributed by atoms with Gasteiger partial charge in [0.2, 0.25) is 11.9 Å². The number of nitrogens with one attached hydrogen (secondary N) is 3. The number of aromatic nitrogens is 4. The highest BCUT2D eigenvalue weighted by Gasteiger charge is 2.33. The lowest BCUT2D eigenvalue weighted by Crippen LogP contribution is -2.49. The lowest BCUT2D eigenvalue weighted by atomic mass is 10.1. The number of carbonyl (C=O) groups excluding carboxylic acids is 3. The summed E-state index contributed by atoms with van der Waals surface area (Å²) in [6.45, 7) is 13.3. The molecule has 0 unspecified atom stereocenters. The molecule has 2 saturated heterocycles. The first-order valence-corrected chi connectivity index (χ1v) is 25.0. The van der Waals surface area contributed by atoms with Gasteiger partial charge < -0.3 is 15.0 Å². The second kappa shape index (κ2) is 23.7. The number of para-hydroxylation sites is 2. The van der Waals surface area contributed by atoms with Crippen LogP contribution in [0.1, 0.15) is 71.2 Å². The summed E-state index contributed by atoms with van der Waals surface area (Å²) >= 11 is 0. The van der Waals surface area contributed by atoms with Crippen LogP contribution in [-0.2, 0) is 30.2 Å². The van der Waals surface area contributed by atoms with Crippen molar-refractivity contribution in [2.75, 3.05) is 63.0 Å². The first kappa shape index (κ1) is 56.1. The molecule has 8 aromatic rings. The second-order valence-electron chi connectivity index (χ2n) is 19.7. The number of nitrogens with zero attached hydrogens (tertiary/aromatic N) is 7. The minimum Gasteiger partial charge on any atom is -0.444 e. The number of amides is 3. The lowest BCUT2D eigenvalue weighted by Gasteiger charge is -2.35. The van der Waals surface area contributed by atoms with Gasteiger partial charge in [0.1, 0.15) is 5.60 Å². The van der Waals surface area contributed by atoms with E-state index in [1.807, 2.05) is 118 Å². The van der Waals surface area contributed by atoms with Gasteiger partial charge in [0.15, 0.2) is 0 Å². The van der Waals surface area contributed by atoms with Gasteiger partial charge in [-0.15, -0.1) is 0 Å². The number of hydrogen-bond donors (Lipinski definition) is 3. The lowest BCUT2D eigenvalue weighted by molar-refractivity contribution is -0.138. The van der Waals surface area contributed by atoms with Crippen LogP contribution >= 0.6 is 0 Å². The van der Waals surface area contributed by atoms with Crippen molar-refractivity contribution in [3.05, 3.63) is 179 Å². The molecule has 10 rings (SSSR count). The van der Waals surface area contributed by atoms with Gasteiger partial charge in [-0.3, -0.25) is 39.2 Å². The predicted octanol–water partition coefficient (Wildman–Crippen LogP) is 11.7. The normalized spacial score (nSPS) is 14.6. The van der Waals surface area contributed by atoms with E-state index in [2.05, 4.69) is 35.7 Å². The van der Waals surface area contributed by atoms with Crippen LogP contribution in [0.3, 0.4) is 0 Å². The predicted molar refractivity (Wildman–Crippen MR) is 289 cm³/mol. The van der Waals surface area contributed by atoms with Gasteiger partial charge >= 0.3 is 18.4 Å². The highest BCUT2D eigenvalue weighted by Crippen LogP contribution is 2.33. The van der Waals surface area contributed by atoms with Crippen molar-refractivity contribution in [1.29, 1.82) is 0 Å². The van der Waals surface area contributed by atoms with E-state index in [0.717, 1.165) is 90.5 Å². The van der Waals surface area contributed by atoms with Crippen LogP contribution in [0.5, 0.6) is 0 Å². The van der Waals surface area contributed by atoms with Crippen molar-refractivity contribution < 1.29 is 45.5 Å². The number of carbonyl (C=O) groups is 3. The van der Waals surface area contributed by atoms with Crippen molar-refractivity contribution in [2.24, 2.45) is 0 Å². The maximum Gasteiger partial charge on any atom is 0.416 e. The molecule has 78 heavy (non-hydrogen) atoms. The van der Waals surface area contributed by atoms with Gasteiger partial charge in [-0.1, -0.05) is 68.1 Å². The first-order valence-electron chi connectivity index (χ1n) is 25.0. The molecule has 4 heterocycles. The standard InChI is InChI=1S/C31H32F3N5O3.C26H24F3N5O.CH4/c1-30(2,3)42-29(41)38-16-14-37(15-17-38)20-21-12-13-26-25(18-21)35-28(39(26)24-10-5-4-6-11-24)36-27(40)22-8-7-9-23(19-22)31(32,33)34;27-26(28,29)20-6-4-5-19(16-20)24(35)32-25-31-22-15-18(17-33-13-11-30-12-14-33)9-10-23(22)34(25)21-7-2-1-3-8-21;/h4-13,18-19H,14-17,20H2,1-3H3,(H,35,36,40);1-10,15-16,30H,11-14,17H2,(H,31,32,35);1H4. The fourth-order valence-electron chi connectivity index (χ4n) is 9.11. The zero-order valence-electron chi connectivity index (χ0n) is 42.5. The monoisotopic (exact) mass is 1070 g/mol. The van der Waals surface area contributed by atoms with Gasteiger partial charge in [0, 0.05) is 87.9 Å². The number of alkyl halides is 6. The van der Waals surface area contributed by atoms with E-state index < -0.39 is 40.9 Å². The number of fused-ring (bicyclic) bond motifs is 2. The molecule has 2 aliphatic rings. The van der Waals surface area contributed by atoms with Crippen molar-refractivity contribution in [1.82, 2.24) is 39.1 Å². The van der Waals surface area contributed by atoms with E-state index in [1.54, 1.807) is 14.0 Å². The van der Waals surface area contributed by atoms with Crippen molar-refractivity contribution in [3.8, 4) is 11.4 Å². The fraction of sp³-hybridized carbons (Fsp3) is 0.293. The summed E-state index contributed by atoms with van der Waals surface area (Å²) in [5.41, 5.74) is 3.95. The average Bonchev–Trinajstić information content (AvgIpc) is 3.97. The van der Waals surface area contributed by atoms with E-state index in [4.69, 9.17) is 4.74 Å². The number of halogens is 6. The number of ether oxygens (including phenoxy) is 1. The minimum atomic E-state index is -4.56. The topological polar surface area (TPSA) is 142 Å². The van der Waals surface area contributed by atoms with Crippen LogP contribution in [-0.4, -0.2) is 110 Å². The number of piperazine rings is 2. The first-order chi connectivity index (χ1) is 36.8. The summed E-state index contributed by atoms with van der Waals surface area (Å²) in [5, 5.41) is 8.78. The summed E-state index contributed by atoms with van der Waals surface area (Å²) < 4.78 is 88.1. The van der Waals surface area contributed by atoms with E-state index in [9.17, 15) is 40.7 Å². The Balaban J connectivity index is 0.000000206. The molecule has 0 spiro atoms. The average molecular weight is 1080 g/mol. The van der Waals surface area contributed by atoms with Crippen LogP contribution in [0.2, 0.25) is 0 Å². The molecule has 2 fully saturated rings. The Morgan fingerprint density at radius 2 is 0.962 bits per heavy atom. The van der Waals surface area contributed by atoms with Gasteiger partial charge in [0.25, 0.3) is 11.8 Å². The number of rotatable bonds is 10. The largest absolute Gasteiger partial charge is 0.444 e. The Morgan fingerprint density at radius 3 is 1.37 bits per heavy atom. The van der Waals surface area contributed by atoms with E-state index in [1.165, 1.54) is 24.3 Å². The van der Waals surface area contributed by atoms with E-state index in [-0.39, 0.29) is 36.5 Å². The molecule has 0 bridgehead atoms. The molecule has 3 amide bonds. The molecule has 0 radical (unpaired) electrons.